The van der Waals surface area contributed by atoms with Gasteiger partial charge >= 0.3 is 6.18 Å². The van der Waals surface area contributed by atoms with Crippen LogP contribution in [0, 0.1) is 6.92 Å². The lowest BCUT2D eigenvalue weighted by Gasteiger charge is -2.15. The van der Waals surface area contributed by atoms with E-state index >= 15 is 0 Å². The Kier molecular flexibility index (Phi) is 6.48. The van der Waals surface area contributed by atoms with Gasteiger partial charge in [0.1, 0.15) is 12.4 Å². The van der Waals surface area contributed by atoms with Crippen molar-refractivity contribution in [2.75, 3.05) is 19.8 Å². The van der Waals surface area contributed by atoms with Gasteiger partial charge in [-0.05, 0) is 26.0 Å². The van der Waals surface area contributed by atoms with Gasteiger partial charge in [-0.15, -0.1) is 0 Å². The maximum Gasteiger partial charge on any atom is 0.411 e. The summed E-state index contributed by atoms with van der Waals surface area (Å²) in [6, 6.07) is 7.19. The van der Waals surface area contributed by atoms with Gasteiger partial charge in [0.15, 0.2) is 6.10 Å². The zero-order valence-corrected chi connectivity index (χ0v) is 11.9. The smallest absolute Gasteiger partial charge is 0.411 e. The molecule has 1 amide bonds. The van der Waals surface area contributed by atoms with Gasteiger partial charge in [0.25, 0.3) is 5.91 Å². The van der Waals surface area contributed by atoms with Gasteiger partial charge in [-0.25, -0.2) is 0 Å². The number of benzene rings is 1. The van der Waals surface area contributed by atoms with Crippen LogP contribution >= 0.6 is 0 Å². The minimum Gasteiger partial charge on any atom is -0.481 e. The first-order chi connectivity index (χ1) is 9.78. The largest absolute Gasteiger partial charge is 0.481 e. The molecule has 0 aliphatic rings. The molecule has 0 aliphatic heterocycles. The number of halogens is 3. The number of carbonyl (C=O) groups is 1. The highest BCUT2D eigenvalue weighted by molar-refractivity contribution is 5.80. The molecule has 0 aromatic heterocycles. The number of carbonyl (C=O) groups excluding carboxylic acids is 1. The number of rotatable bonds is 7. The normalized spacial score (nSPS) is 12.8. The lowest BCUT2D eigenvalue weighted by Crippen LogP contribution is -2.38. The maximum atomic E-state index is 11.8. The molecule has 0 bridgehead atoms. The molecule has 4 nitrogen and oxygen atoms in total. The van der Waals surface area contributed by atoms with E-state index in [9.17, 15) is 18.0 Å². The van der Waals surface area contributed by atoms with E-state index in [2.05, 4.69) is 10.1 Å². The first kappa shape index (κ1) is 17.3. The Bertz CT molecular complexity index is 446. The number of alkyl halides is 3. The van der Waals surface area contributed by atoms with Crippen molar-refractivity contribution in [1.29, 1.82) is 0 Å². The second-order valence-corrected chi connectivity index (χ2v) is 4.53. The summed E-state index contributed by atoms with van der Waals surface area (Å²) < 4.78 is 45.2. The van der Waals surface area contributed by atoms with Crippen molar-refractivity contribution in [2.24, 2.45) is 0 Å². The summed E-state index contributed by atoms with van der Waals surface area (Å²) in [4.78, 5) is 11.7. The fourth-order valence-electron chi connectivity index (χ4n) is 1.45. The molecule has 0 saturated heterocycles. The predicted octanol–water partition coefficient (Wildman–Crippen LogP) is 2.46. The van der Waals surface area contributed by atoms with Crippen LogP contribution in [-0.4, -0.2) is 37.9 Å². The molecule has 1 N–H and O–H groups in total. The molecular formula is C14H18F3NO3. The molecule has 21 heavy (non-hydrogen) atoms. The third-order valence-electron chi connectivity index (χ3n) is 2.51. The highest BCUT2D eigenvalue weighted by Crippen LogP contribution is 2.14. The number of amides is 1. The van der Waals surface area contributed by atoms with Gasteiger partial charge in [-0.2, -0.15) is 13.2 Å². The van der Waals surface area contributed by atoms with E-state index in [1.165, 1.54) is 0 Å². The SMILES string of the molecule is Cc1ccc(OC(C)C(=O)NCCOCC(F)(F)F)cc1. The van der Waals surface area contributed by atoms with E-state index in [1.807, 2.05) is 19.1 Å². The third-order valence-corrected chi connectivity index (χ3v) is 2.51. The van der Waals surface area contributed by atoms with Gasteiger partial charge in [-0.1, -0.05) is 17.7 Å². The molecule has 1 atom stereocenters. The van der Waals surface area contributed by atoms with Crippen LogP contribution in [0.25, 0.3) is 0 Å². The van der Waals surface area contributed by atoms with Crippen LogP contribution in [0.1, 0.15) is 12.5 Å². The van der Waals surface area contributed by atoms with Crippen molar-refractivity contribution in [1.82, 2.24) is 5.32 Å². The monoisotopic (exact) mass is 305 g/mol. The Labute approximate surface area is 121 Å². The standard InChI is InChI=1S/C14H18F3NO3/c1-10-3-5-12(6-4-10)21-11(2)13(19)18-7-8-20-9-14(15,16)17/h3-6,11H,7-9H2,1-2H3,(H,18,19). The first-order valence-corrected chi connectivity index (χ1v) is 6.43. The van der Waals surface area contributed by atoms with Gasteiger partial charge in [0.2, 0.25) is 0 Å². The fraction of sp³-hybridized carbons (Fsp3) is 0.500. The molecule has 1 unspecified atom stereocenters. The molecule has 0 aliphatic carbocycles. The molecule has 0 spiro atoms. The van der Waals surface area contributed by atoms with E-state index < -0.39 is 24.8 Å². The van der Waals surface area contributed by atoms with E-state index in [-0.39, 0.29) is 13.2 Å². The van der Waals surface area contributed by atoms with Crippen molar-refractivity contribution >= 4 is 5.91 Å². The highest BCUT2D eigenvalue weighted by Gasteiger charge is 2.27. The number of ether oxygens (including phenoxy) is 2. The zero-order valence-electron chi connectivity index (χ0n) is 11.9. The molecule has 7 heteroatoms. The topological polar surface area (TPSA) is 47.6 Å². The van der Waals surface area contributed by atoms with E-state index in [4.69, 9.17) is 4.74 Å². The average molecular weight is 305 g/mol. The Morgan fingerprint density at radius 3 is 2.48 bits per heavy atom. The third kappa shape index (κ3) is 7.55. The predicted molar refractivity (Wildman–Crippen MR) is 71.2 cm³/mol. The molecule has 0 saturated carbocycles. The highest BCUT2D eigenvalue weighted by atomic mass is 19.4. The molecule has 0 radical (unpaired) electrons. The van der Waals surface area contributed by atoms with E-state index in [1.54, 1.807) is 19.1 Å². The van der Waals surface area contributed by atoms with Crippen molar-refractivity contribution in [3.63, 3.8) is 0 Å². The summed E-state index contributed by atoms with van der Waals surface area (Å²) in [5.41, 5.74) is 1.07. The van der Waals surface area contributed by atoms with Gasteiger partial charge in [0, 0.05) is 6.54 Å². The first-order valence-electron chi connectivity index (χ1n) is 6.43. The van der Waals surface area contributed by atoms with Gasteiger partial charge in [-0.3, -0.25) is 4.79 Å². The maximum absolute atomic E-state index is 11.8. The van der Waals surface area contributed by atoms with Crippen molar-refractivity contribution in [2.45, 2.75) is 26.1 Å². The molecular weight excluding hydrogens is 287 g/mol. The van der Waals surface area contributed by atoms with E-state index in [0.717, 1.165) is 5.56 Å². The number of hydrogen-bond acceptors (Lipinski definition) is 3. The van der Waals surface area contributed by atoms with Crippen LogP contribution < -0.4 is 10.1 Å². The molecule has 0 fully saturated rings. The quantitative estimate of drug-likeness (QED) is 0.787. The Morgan fingerprint density at radius 1 is 1.29 bits per heavy atom. The summed E-state index contributed by atoms with van der Waals surface area (Å²) in [5.74, 6) is 0.141. The second-order valence-electron chi connectivity index (χ2n) is 4.53. The number of aryl methyl sites for hydroxylation is 1. The van der Waals surface area contributed by atoms with Crippen LogP contribution in [0.4, 0.5) is 13.2 Å². The molecule has 1 aromatic rings. The van der Waals surface area contributed by atoms with E-state index in [0.29, 0.717) is 5.75 Å². The summed E-state index contributed by atoms with van der Waals surface area (Å²) in [5, 5.41) is 2.44. The molecule has 1 rings (SSSR count). The van der Waals surface area contributed by atoms with Gasteiger partial charge in [0.05, 0.1) is 6.61 Å². The number of nitrogens with one attached hydrogen (secondary N) is 1. The second kappa shape index (κ2) is 7.87. The lowest BCUT2D eigenvalue weighted by atomic mass is 10.2. The fourth-order valence-corrected chi connectivity index (χ4v) is 1.45. The van der Waals surface area contributed by atoms with Crippen LogP contribution in [0.5, 0.6) is 5.75 Å². The average Bonchev–Trinajstić information content (AvgIpc) is 2.39. The van der Waals surface area contributed by atoms with Crippen molar-refractivity contribution in [3.8, 4) is 5.75 Å². The van der Waals surface area contributed by atoms with Crippen LogP contribution in [-0.2, 0) is 9.53 Å². The molecule has 0 heterocycles. The van der Waals surface area contributed by atoms with Gasteiger partial charge < -0.3 is 14.8 Å². The Balaban J connectivity index is 2.24. The minimum atomic E-state index is -4.36. The Hall–Kier alpha value is -1.76. The van der Waals surface area contributed by atoms with Crippen LogP contribution in [0.15, 0.2) is 24.3 Å². The van der Waals surface area contributed by atoms with Crippen molar-refractivity contribution < 1.29 is 27.4 Å². The van der Waals surface area contributed by atoms with Crippen molar-refractivity contribution in [3.05, 3.63) is 29.8 Å². The lowest BCUT2D eigenvalue weighted by molar-refractivity contribution is -0.173. The van der Waals surface area contributed by atoms with Crippen LogP contribution in [0.2, 0.25) is 0 Å². The zero-order chi connectivity index (χ0) is 15.9. The van der Waals surface area contributed by atoms with Crippen LogP contribution in [0.3, 0.4) is 0 Å². The number of hydrogen-bond donors (Lipinski definition) is 1. The molecule has 118 valence electrons. The summed E-state index contributed by atoms with van der Waals surface area (Å²) in [6.45, 7) is 1.96. The Morgan fingerprint density at radius 2 is 1.90 bits per heavy atom. The summed E-state index contributed by atoms with van der Waals surface area (Å²) in [7, 11) is 0. The minimum absolute atomic E-state index is 0.00346. The molecule has 1 aromatic carbocycles. The summed E-state index contributed by atoms with van der Waals surface area (Å²) >= 11 is 0. The summed E-state index contributed by atoms with van der Waals surface area (Å²) in [6.07, 6.45) is -5.10.